The molecule has 4 heteroatoms. The predicted octanol–water partition coefficient (Wildman–Crippen LogP) is 5.54. The van der Waals surface area contributed by atoms with E-state index in [-0.39, 0.29) is 11.3 Å². The monoisotopic (exact) mass is 313 g/mol. The van der Waals surface area contributed by atoms with Crippen molar-refractivity contribution in [3.05, 3.63) is 28.2 Å². The minimum atomic E-state index is -0.170. The van der Waals surface area contributed by atoms with Gasteiger partial charge in [0.2, 0.25) is 5.91 Å². The van der Waals surface area contributed by atoms with Crippen molar-refractivity contribution in [1.29, 1.82) is 0 Å². The number of amides is 1. The van der Waals surface area contributed by atoms with Crippen LogP contribution in [0.25, 0.3) is 0 Å². The Morgan fingerprint density at radius 1 is 1.30 bits per heavy atom. The molecule has 0 atom stereocenters. The second-order valence-corrected chi connectivity index (χ2v) is 6.96. The van der Waals surface area contributed by atoms with E-state index >= 15 is 0 Å². The Labute approximate surface area is 130 Å². The third-order valence-corrected chi connectivity index (χ3v) is 4.91. The SMILES string of the molecule is CC(C)CCC1(C(=O)Nc2ccc(Cl)c(Cl)c2)CCC1. The van der Waals surface area contributed by atoms with E-state index in [0.717, 1.165) is 37.8 Å². The summed E-state index contributed by atoms with van der Waals surface area (Å²) < 4.78 is 0. The Bertz CT molecular complexity index is 495. The van der Waals surface area contributed by atoms with Gasteiger partial charge in [0.15, 0.2) is 0 Å². The summed E-state index contributed by atoms with van der Waals surface area (Å²) in [6.07, 6.45) is 5.19. The molecule has 0 heterocycles. The summed E-state index contributed by atoms with van der Waals surface area (Å²) in [5, 5.41) is 3.96. The molecule has 2 nitrogen and oxygen atoms in total. The lowest BCUT2D eigenvalue weighted by Crippen LogP contribution is -2.42. The van der Waals surface area contributed by atoms with Gasteiger partial charge in [0.05, 0.1) is 10.0 Å². The number of carbonyl (C=O) groups excluding carboxylic acids is 1. The molecule has 1 N–H and O–H groups in total. The third kappa shape index (κ3) is 3.48. The second kappa shape index (κ2) is 6.36. The van der Waals surface area contributed by atoms with Crippen molar-refractivity contribution in [2.75, 3.05) is 5.32 Å². The maximum absolute atomic E-state index is 12.5. The molecule has 0 aliphatic heterocycles. The zero-order valence-corrected chi connectivity index (χ0v) is 13.5. The van der Waals surface area contributed by atoms with Gasteiger partial charge in [0.25, 0.3) is 0 Å². The number of carbonyl (C=O) groups is 1. The maximum atomic E-state index is 12.5. The Morgan fingerprint density at radius 3 is 2.50 bits per heavy atom. The van der Waals surface area contributed by atoms with Crippen molar-refractivity contribution in [3.63, 3.8) is 0 Å². The van der Waals surface area contributed by atoms with Crippen LogP contribution in [0, 0.1) is 11.3 Å². The molecule has 1 aromatic rings. The van der Waals surface area contributed by atoms with Crippen LogP contribution in [0.2, 0.25) is 10.0 Å². The highest BCUT2D eigenvalue weighted by atomic mass is 35.5. The highest BCUT2D eigenvalue weighted by Crippen LogP contribution is 2.46. The standard InChI is InChI=1S/C16H21Cl2NO/c1-11(2)6-9-16(7-3-8-16)15(20)19-12-4-5-13(17)14(18)10-12/h4-5,10-11H,3,6-9H2,1-2H3,(H,19,20). The van der Waals surface area contributed by atoms with E-state index in [1.165, 1.54) is 0 Å². The number of anilines is 1. The summed E-state index contributed by atoms with van der Waals surface area (Å²) in [5.41, 5.74) is 0.552. The molecule has 0 radical (unpaired) electrons. The number of nitrogens with one attached hydrogen (secondary N) is 1. The van der Waals surface area contributed by atoms with Gasteiger partial charge in [0, 0.05) is 11.1 Å². The highest BCUT2D eigenvalue weighted by Gasteiger charge is 2.43. The van der Waals surface area contributed by atoms with E-state index in [2.05, 4.69) is 19.2 Å². The zero-order chi connectivity index (χ0) is 14.8. The minimum absolute atomic E-state index is 0.128. The molecule has 0 saturated heterocycles. The Morgan fingerprint density at radius 2 is 2.00 bits per heavy atom. The molecule has 1 aliphatic carbocycles. The third-order valence-electron chi connectivity index (χ3n) is 4.17. The first-order valence-corrected chi connectivity index (χ1v) is 7.95. The van der Waals surface area contributed by atoms with Crippen LogP contribution >= 0.6 is 23.2 Å². The molecule has 0 spiro atoms. The van der Waals surface area contributed by atoms with Crippen molar-refractivity contribution >= 4 is 34.8 Å². The largest absolute Gasteiger partial charge is 0.326 e. The zero-order valence-electron chi connectivity index (χ0n) is 12.0. The number of hydrogen-bond donors (Lipinski definition) is 1. The molecule has 0 bridgehead atoms. The van der Waals surface area contributed by atoms with Crippen LogP contribution in [-0.4, -0.2) is 5.91 Å². The highest BCUT2D eigenvalue weighted by molar-refractivity contribution is 6.42. The van der Waals surface area contributed by atoms with Crippen molar-refractivity contribution in [2.45, 2.75) is 46.0 Å². The molecule has 20 heavy (non-hydrogen) atoms. The van der Waals surface area contributed by atoms with Gasteiger partial charge in [-0.25, -0.2) is 0 Å². The van der Waals surface area contributed by atoms with E-state index in [4.69, 9.17) is 23.2 Å². The van der Waals surface area contributed by atoms with Crippen LogP contribution in [0.4, 0.5) is 5.69 Å². The average molecular weight is 314 g/mol. The number of hydrogen-bond acceptors (Lipinski definition) is 1. The molecular weight excluding hydrogens is 293 g/mol. The van der Waals surface area contributed by atoms with Crippen molar-refractivity contribution in [2.24, 2.45) is 11.3 Å². The summed E-state index contributed by atoms with van der Waals surface area (Å²) in [6, 6.07) is 5.21. The summed E-state index contributed by atoms with van der Waals surface area (Å²) in [7, 11) is 0. The first kappa shape index (κ1) is 15.7. The van der Waals surface area contributed by atoms with E-state index in [1.54, 1.807) is 18.2 Å². The van der Waals surface area contributed by atoms with E-state index in [1.807, 2.05) is 0 Å². The molecule has 1 saturated carbocycles. The summed E-state index contributed by atoms with van der Waals surface area (Å²) in [5.74, 6) is 0.757. The average Bonchev–Trinajstić information content (AvgIpc) is 2.32. The lowest BCUT2D eigenvalue weighted by Gasteiger charge is -2.40. The molecule has 1 aromatic carbocycles. The smallest absolute Gasteiger partial charge is 0.230 e. The van der Waals surface area contributed by atoms with Gasteiger partial charge in [-0.15, -0.1) is 0 Å². The van der Waals surface area contributed by atoms with Crippen molar-refractivity contribution in [1.82, 2.24) is 0 Å². The van der Waals surface area contributed by atoms with Gasteiger partial charge >= 0.3 is 0 Å². The van der Waals surface area contributed by atoms with Gasteiger partial charge in [-0.3, -0.25) is 4.79 Å². The molecule has 0 unspecified atom stereocenters. The topological polar surface area (TPSA) is 29.1 Å². The van der Waals surface area contributed by atoms with Crippen molar-refractivity contribution < 1.29 is 4.79 Å². The Kier molecular flexibility index (Phi) is 4.98. The molecule has 1 aliphatic rings. The molecule has 1 fully saturated rings. The van der Waals surface area contributed by atoms with Crippen LogP contribution in [-0.2, 0) is 4.79 Å². The normalized spacial score (nSPS) is 16.9. The minimum Gasteiger partial charge on any atom is -0.326 e. The van der Waals surface area contributed by atoms with Gasteiger partial charge in [-0.2, -0.15) is 0 Å². The lowest BCUT2D eigenvalue weighted by atomic mass is 9.64. The quantitative estimate of drug-likeness (QED) is 0.759. The second-order valence-electron chi connectivity index (χ2n) is 6.15. The summed E-state index contributed by atoms with van der Waals surface area (Å²) in [6.45, 7) is 4.40. The fourth-order valence-electron chi connectivity index (χ4n) is 2.60. The summed E-state index contributed by atoms with van der Waals surface area (Å²) in [4.78, 5) is 12.5. The fraction of sp³-hybridized carbons (Fsp3) is 0.562. The molecule has 2 rings (SSSR count). The molecule has 1 amide bonds. The number of benzene rings is 1. The van der Waals surface area contributed by atoms with Gasteiger partial charge in [-0.05, 0) is 49.8 Å². The van der Waals surface area contributed by atoms with Gasteiger partial charge in [-0.1, -0.05) is 43.5 Å². The van der Waals surface area contributed by atoms with Gasteiger partial charge in [0.1, 0.15) is 0 Å². The number of halogens is 2. The first-order chi connectivity index (χ1) is 9.43. The van der Waals surface area contributed by atoms with E-state index < -0.39 is 0 Å². The van der Waals surface area contributed by atoms with Crippen LogP contribution in [0.15, 0.2) is 18.2 Å². The Hall–Kier alpha value is -0.730. The van der Waals surface area contributed by atoms with Crippen LogP contribution in [0.3, 0.4) is 0 Å². The fourth-order valence-corrected chi connectivity index (χ4v) is 2.89. The van der Waals surface area contributed by atoms with E-state index in [9.17, 15) is 4.79 Å². The van der Waals surface area contributed by atoms with Crippen LogP contribution < -0.4 is 5.32 Å². The molecular formula is C16H21Cl2NO. The lowest BCUT2D eigenvalue weighted by molar-refractivity contribution is -0.131. The Balaban J connectivity index is 2.03. The van der Waals surface area contributed by atoms with E-state index in [0.29, 0.717) is 16.0 Å². The summed E-state index contributed by atoms with van der Waals surface area (Å²) >= 11 is 11.9. The predicted molar refractivity (Wildman–Crippen MR) is 85.4 cm³/mol. The van der Waals surface area contributed by atoms with Crippen LogP contribution in [0.1, 0.15) is 46.0 Å². The number of rotatable bonds is 5. The maximum Gasteiger partial charge on any atom is 0.230 e. The molecule has 110 valence electrons. The first-order valence-electron chi connectivity index (χ1n) is 7.19. The van der Waals surface area contributed by atoms with Crippen molar-refractivity contribution in [3.8, 4) is 0 Å². The molecule has 0 aromatic heterocycles. The van der Waals surface area contributed by atoms with Crippen LogP contribution in [0.5, 0.6) is 0 Å². The van der Waals surface area contributed by atoms with Gasteiger partial charge < -0.3 is 5.32 Å².